The second kappa shape index (κ2) is 9.09. The van der Waals surface area contributed by atoms with E-state index in [0.717, 1.165) is 39.0 Å². The summed E-state index contributed by atoms with van der Waals surface area (Å²) in [5.74, 6) is 0.320. The van der Waals surface area contributed by atoms with Gasteiger partial charge >= 0.3 is 12.1 Å². The summed E-state index contributed by atoms with van der Waals surface area (Å²) in [6.45, 7) is 4.54. The quantitative estimate of drug-likeness (QED) is 0.770. The SMILES string of the molecule is COC(=O)c1ccc(OC(=O)N2CCN(C3CCC3)CC2C2CCNCC2)cn1. The molecule has 2 saturated heterocycles. The number of rotatable bonds is 4. The van der Waals surface area contributed by atoms with Crippen molar-refractivity contribution in [2.75, 3.05) is 39.8 Å². The van der Waals surface area contributed by atoms with Crippen LogP contribution in [0.4, 0.5) is 4.79 Å². The molecule has 2 aliphatic heterocycles. The van der Waals surface area contributed by atoms with Gasteiger partial charge in [-0.1, -0.05) is 6.42 Å². The van der Waals surface area contributed by atoms with Crippen LogP contribution in [0.3, 0.4) is 0 Å². The molecule has 8 heteroatoms. The van der Waals surface area contributed by atoms with E-state index in [1.54, 1.807) is 6.07 Å². The number of aromatic nitrogens is 1. The highest BCUT2D eigenvalue weighted by atomic mass is 16.6. The number of amides is 1. The summed E-state index contributed by atoms with van der Waals surface area (Å²) in [6.07, 6.45) is 7.12. The Balaban J connectivity index is 1.43. The van der Waals surface area contributed by atoms with Crippen molar-refractivity contribution in [1.82, 2.24) is 20.1 Å². The molecule has 0 radical (unpaired) electrons. The van der Waals surface area contributed by atoms with E-state index in [0.29, 0.717) is 24.3 Å². The Bertz CT molecular complexity index is 716. The molecule has 1 amide bonds. The lowest BCUT2D eigenvalue weighted by molar-refractivity contribution is 0.00476. The molecule has 1 aromatic heterocycles. The summed E-state index contributed by atoms with van der Waals surface area (Å²) >= 11 is 0. The van der Waals surface area contributed by atoms with Crippen LogP contribution >= 0.6 is 0 Å². The van der Waals surface area contributed by atoms with Crippen LogP contribution in [0.25, 0.3) is 0 Å². The Kier molecular flexibility index (Phi) is 6.30. The molecule has 8 nitrogen and oxygen atoms in total. The average Bonchev–Trinajstić information content (AvgIpc) is 2.73. The molecule has 3 fully saturated rings. The van der Waals surface area contributed by atoms with E-state index < -0.39 is 5.97 Å². The second-order valence-electron chi connectivity index (χ2n) is 8.17. The van der Waals surface area contributed by atoms with Gasteiger partial charge in [-0.2, -0.15) is 0 Å². The Labute approximate surface area is 171 Å². The van der Waals surface area contributed by atoms with Gasteiger partial charge in [0.25, 0.3) is 0 Å². The first kappa shape index (κ1) is 20.1. The van der Waals surface area contributed by atoms with Crippen LogP contribution in [0.15, 0.2) is 18.3 Å². The van der Waals surface area contributed by atoms with Crippen LogP contribution in [0.5, 0.6) is 5.75 Å². The zero-order valence-electron chi connectivity index (χ0n) is 17.0. The van der Waals surface area contributed by atoms with Crippen molar-refractivity contribution in [3.8, 4) is 5.75 Å². The second-order valence-corrected chi connectivity index (χ2v) is 8.17. The van der Waals surface area contributed by atoms with Crippen molar-refractivity contribution in [1.29, 1.82) is 0 Å². The van der Waals surface area contributed by atoms with Crippen molar-refractivity contribution in [3.05, 3.63) is 24.0 Å². The van der Waals surface area contributed by atoms with Crippen LogP contribution in [0.1, 0.15) is 42.6 Å². The molecule has 3 heterocycles. The lowest BCUT2D eigenvalue weighted by Crippen LogP contribution is -2.62. The molecule has 29 heavy (non-hydrogen) atoms. The minimum Gasteiger partial charge on any atom is -0.464 e. The molecular formula is C21H30N4O4. The number of esters is 1. The van der Waals surface area contributed by atoms with E-state index in [-0.39, 0.29) is 17.8 Å². The molecule has 1 aromatic rings. The van der Waals surface area contributed by atoms with Crippen molar-refractivity contribution in [3.63, 3.8) is 0 Å². The maximum Gasteiger partial charge on any atom is 0.415 e. The lowest BCUT2D eigenvalue weighted by Gasteiger charge is -2.49. The van der Waals surface area contributed by atoms with Gasteiger partial charge in [0, 0.05) is 25.7 Å². The van der Waals surface area contributed by atoms with E-state index >= 15 is 0 Å². The van der Waals surface area contributed by atoms with Gasteiger partial charge in [-0.05, 0) is 56.8 Å². The van der Waals surface area contributed by atoms with Crippen LogP contribution in [0.2, 0.25) is 0 Å². The number of pyridine rings is 1. The largest absolute Gasteiger partial charge is 0.464 e. The van der Waals surface area contributed by atoms with Crippen LogP contribution in [-0.4, -0.2) is 78.8 Å². The third-order valence-corrected chi connectivity index (χ3v) is 6.54. The first-order valence-electron chi connectivity index (χ1n) is 10.6. The predicted molar refractivity (Wildman–Crippen MR) is 107 cm³/mol. The summed E-state index contributed by atoms with van der Waals surface area (Å²) in [6, 6.07) is 3.96. The highest BCUT2D eigenvalue weighted by molar-refractivity contribution is 5.87. The van der Waals surface area contributed by atoms with Crippen molar-refractivity contribution >= 4 is 12.1 Å². The Hall–Kier alpha value is -2.19. The molecule has 1 atom stereocenters. The molecule has 1 N–H and O–H groups in total. The molecule has 1 saturated carbocycles. The smallest absolute Gasteiger partial charge is 0.415 e. The molecule has 0 spiro atoms. The fraction of sp³-hybridized carbons (Fsp3) is 0.667. The number of hydrogen-bond acceptors (Lipinski definition) is 7. The average molecular weight is 402 g/mol. The molecule has 0 aromatic carbocycles. The Morgan fingerprint density at radius 2 is 1.93 bits per heavy atom. The van der Waals surface area contributed by atoms with Crippen molar-refractivity contribution in [2.45, 2.75) is 44.2 Å². The van der Waals surface area contributed by atoms with Crippen molar-refractivity contribution in [2.24, 2.45) is 5.92 Å². The Morgan fingerprint density at radius 1 is 1.14 bits per heavy atom. The summed E-state index contributed by atoms with van der Waals surface area (Å²) in [5, 5.41) is 3.42. The third kappa shape index (κ3) is 4.53. The van der Waals surface area contributed by atoms with E-state index in [4.69, 9.17) is 4.74 Å². The zero-order valence-corrected chi connectivity index (χ0v) is 17.0. The number of piperazine rings is 1. The number of ether oxygens (including phenoxy) is 2. The monoisotopic (exact) mass is 402 g/mol. The first-order chi connectivity index (χ1) is 14.2. The fourth-order valence-corrected chi connectivity index (χ4v) is 4.60. The highest BCUT2D eigenvalue weighted by Gasteiger charge is 2.40. The van der Waals surface area contributed by atoms with Gasteiger partial charge in [0.1, 0.15) is 5.69 Å². The zero-order chi connectivity index (χ0) is 20.2. The normalized spacial score (nSPS) is 24.0. The van der Waals surface area contributed by atoms with E-state index in [2.05, 4.69) is 19.9 Å². The Morgan fingerprint density at radius 3 is 2.55 bits per heavy atom. The lowest BCUT2D eigenvalue weighted by atomic mass is 9.85. The summed E-state index contributed by atoms with van der Waals surface area (Å²) in [7, 11) is 1.31. The number of hydrogen-bond donors (Lipinski definition) is 1. The number of methoxy groups -OCH3 is 1. The van der Waals surface area contributed by atoms with Gasteiger partial charge in [-0.15, -0.1) is 0 Å². The number of nitrogens with zero attached hydrogens (tertiary/aromatic N) is 3. The number of piperidine rings is 1. The van der Waals surface area contributed by atoms with Gasteiger partial charge in [0.15, 0.2) is 5.75 Å². The van der Waals surface area contributed by atoms with Crippen LogP contribution in [-0.2, 0) is 4.74 Å². The molecule has 4 rings (SSSR count). The fourth-order valence-electron chi connectivity index (χ4n) is 4.60. The maximum atomic E-state index is 13.0. The first-order valence-corrected chi connectivity index (χ1v) is 10.6. The number of carbonyl (C=O) groups is 2. The van der Waals surface area contributed by atoms with Gasteiger partial charge in [-0.3, -0.25) is 4.90 Å². The van der Waals surface area contributed by atoms with E-state index in [9.17, 15) is 9.59 Å². The molecule has 0 bridgehead atoms. The van der Waals surface area contributed by atoms with Gasteiger partial charge in [-0.25, -0.2) is 14.6 Å². The summed E-state index contributed by atoms with van der Waals surface area (Å²) in [4.78, 5) is 33.0. The minimum absolute atomic E-state index is 0.182. The van der Waals surface area contributed by atoms with Crippen LogP contribution in [0, 0.1) is 5.92 Å². The van der Waals surface area contributed by atoms with Gasteiger partial charge < -0.3 is 19.7 Å². The molecule has 1 aliphatic carbocycles. The standard InChI is InChI=1S/C21H30N4O4/c1-28-20(26)18-6-5-17(13-23-18)29-21(27)25-12-11-24(16-3-2-4-16)14-19(25)15-7-9-22-10-8-15/h5-6,13,15-16,19,22H,2-4,7-12,14H2,1H3. The molecule has 3 aliphatic rings. The van der Waals surface area contributed by atoms with E-state index in [1.165, 1.54) is 38.6 Å². The van der Waals surface area contributed by atoms with Gasteiger partial charge in [0.05, 0.1) is 19.3 Å². The van der Waals surface area contributed by atoms with E-state index in [1.807, 2.05) is 4.90 Å². The predicted octanol–water partition coefficient (Wildman–Crippen LogP) is 1.91. The van der Waals surface area contributed by atoms with Crippen LogP contribution < -0.4 is 10.1 Å². The van der Waals surface area contributed by atoms with Gasteiger partial charge in [0.2, 0.25) is 0 Å². The summed E-state index contributed by atoms with van der Waals surface area (Å²) in [5.41, 5.74) is 0.189. The third-order valence-electron chi connectivity index (χ3n) is 6.54. The highest BCUT2D eigenvalue weighted by Crippen LogP contribution is 2.31. The number of carbonyl (C=O) groups excluding carboxylic acids is 2. The minimum atomic E-state index is -0.513. The topological polar surface area (TPSA) is 84.0 Å². The molecule has 158 valence electrons. The van der Waals surface area contributed by atoms with Crippen molar-refractivity contribution < 1.29 is 19.1 Å². The summed E-state index contributed by atoms with van der Waals surface area (Å²) < 4.78 is 10.3. The number of nitrogens with one attached hydrogen (secondary N) is 1. The molecular weight excluding hydrogens is 372 g/mol. The maximum absolute atomic E-state index is 13.0. The molecule has 1 unspecified atom stereocenters.